The Hall–Kier alpha value is -3.83. The number of halogens is 1. The second kappa shape index (κ2) is 9.35. The number of carbonyl (C=O) groups excluding carboxylic acids is 3. The van der Waals surface area contributed by atoms with Crippen molar-refractivity contribution in [2.75, 3.05) is 19.6 Å². The van der Waals surface area contributed by atoms with Gasteiger partial charge in [0.05, 0.1) is 24.3 Å². The molecule has 174 valence electrons. The summed E-state index contributed by atoms with van der Waals surface area (Å²) in [5.41, 5.74) is 10.4. The fourth-order valence-electron chi connectivity index (χ4n) is 4.28. The SMILES string of the molecule is CC(=O)N1CCC(NC(=O)N2CCn3nc(-c4cccc(F)c4)c(C(=O)NN=N)c3C2)CC1. The van der Waals surface area contributed by atoms with E-state index in [0.29, 0.717) is 50.3 Å². The lowest BCUT2D eigenvalue weighted by atomic mass is 10.0. The minimum atomic E-state index is -0.649. The molecule has 4 amide bonds. The number of hydrogen-bond acceptors (Lipinski definition) is 6. The van der Waals surface area contributed by atoms with Crippen LogP contribution in [0.2, 0.25) is 0 Å². The monoisotopic (exact) mass is 456 g/mol. The largest absolute Gasteiger partial charge is 0.343 e. The van der Waals surface area contributed by atoms with Crippen molar-refractivity contribution in [1.29, 1.82) is 5.53 Å². The van der Waals surface area contributed by atoms with Crippen LogP contribution in [0.25, 0.3) is 11.3 Å². The molecule has 2 aromatic rings. The van der Waals surface area contributed by atoms with Crippen LogP contribution in [-0.2, 0) is 17.9 Å². The molecule has 0 saturated carbocycles. The third kappa shape index (κ3) is 4.69. The maximum absolute atomic E-state index is 13.8. The number of likely N-dealkylation sites (tertiary alicyclic amines) is 1. The number of urea groups is 1. The molecule has 12 heteroatoms. The predicted molar refractivity (Wildman–Crippen MR) is 114 cm³/mol. The van der Waals surface area contributed by atoms with Crippen LogP contribution in [0.4, 0.5) is 9.18 Å². The zero-order valence-corrected chi connectivity index (χ0v) is 18.2. The maximum atomic E-state index is 13.8. The average molecular weight is 456 g/mol. The molecule has 0 aliphatic carbocycles. The first kappa shape index (κ1) is 22.4. The van der Waals surface area contributed by atoms with Gasteiger partial charge in [-0.05, 0) is 25.0 Å². The summed E-state index contributed by atoms with van der Waals surface area (Å²) in [5.74, 6) is -1.08. The maximum Gasteiger partial charge on any atom is 0.318 e. The quantitative estimate of drug-likeness (QED) is 0.478. The Kier molecular flexibility index (Phi) is 6.33. The van der Waals surface area contributed by atoms with Gasteiger partial charge in [-0.15, -0.1) is 0 Å². The zero-order chi connectivity index (χ0) is 23.5. The molecule has 1 aromatic carbocycles. The topological polar surface area (TPSA) is 136 Å². The zero-order valence-electron chi connectivity index (χ0n) is 18.2. The van der Waals surface area contributed by atoms with Gasteiger partial charge in [0.25, 0.3) is 5.91 Å². The molecule has 0 bridgehead atoms. The summed E-state index contributed by atoms with van der Waals surface area (Å²) < 4.78 is 15.4. The van der Waals surface area contributed by atoms with Crippen molar-refractivity contribution < 1.29 is 18.8 Å². The number of carbonyl (C=O) groups is 3. The van der Waals surface area contributed by atoms with Gasteiger partial charge >= 0.3 is 6.03 Å². The van der Waals surface area contributed by atoms with Crippen LogP contribution in [0.3, 0.4) is 0 Å². The normalized spacial score (nSPS) is 16.2. The van der Waals surface area contributed by atoms with E-state index < -0.39 is 11.7 Å². The molecule has 0 unspecified atom stereocenters. The van der Waals surface area contributed by atoms with Crippen LogP contribution < -0.4 is 10.7 Å². The van der Waals surface area contributed by atoms with Crippen molar-refractivity contribution in [3.63, 3.8) is 0 Å². The van der Waals surface area contributed by atoms with Crippen molar-refractivity contribution in [3.05, 3.63) is 41.3 Å². The number of aromatic nitrogens is 2. The number of nitrogens with one attached hydrogen (secondary N) is 3. The molecule has 33 heavy (non-hydrogen) atoms. The molecule has 0 spiro atoms. The molecular formula is C21H25FN8O3. The van der Waals surface area contributed by atoms with Gasteiger partial charge in [-0.3, -0.25) is 14.3 Å². The second-order valence-electron chi connectivity index (χ2n) is 8.11. The van der Waals surface area contributed by atoms with E-state index in [4.69, 9.17) is 5.53 Å². The highest BCUT2D eigenvalue weighted by atomic mass is 19.1. The summed E-state index contributed by atoms with van der Waals surface area (Å²) in [6.07, 6.45) is 1.36. The molecule has 3 N–H and O–H groups in total. The van der Waals surface area contributed by atoms with Crippen LogP contribution in [-0.4, -0.2) is 63.1 Å². The van der Waals surface area contributed by atoms with E-state index in [1.165, 1.54) is 25.1 Å². The second-order valence-corrected chi connectivity index (χ2v) is 8.11. The highest BCUT2D eigenvalue weighted by molar-refractivity contribution is 6.01. The van der Waals surface area contributed by atoms with Crippen LogP contribution >= 0.6 is 0 Å². The summed E-state index contributed by atoms with van der Waals surface area (Å²) in [5, 5.41) is 10.5. The van der Waals surface area contributed by atoms with Crippen LogP contribution in [0.15, 0.2) is 29.5 Å². The number of hydrogen-bond donors (Lipinski definition) is 3. The number of piperidine rings is 1. The molecule has 1 aromatic heterocycles. The summed E-state index contributed by atoms with van der Waals surface area (Å²) in [4.78, 5) is 40.5. The van der Waals surface area contributed by atoms with Gasteiger partial charge in [0, 0.05) is 38.2 Å². The Labute approximate surface area is 189 Å². The van der Waals surface area contributed by atoms with Crippen LogP contribution in [0, 0.1) is 11.3 Å². The summed E-state index contributed by atoms with van der Waals surface area (Å²) in [7, 11) is 0. The average Bonchev–Trinajstić information content (AvgIpc) is 3.18. The summed E-state index contributed by atoms with van der Waals surface area (Å²) >= 11 is 0. The fourth-order valence-corrected chi connectivity index (χ4v) is 4.28. The Bertz CT molecular complexity index is 1090. The van der Waals surface area contributed by atoms with E-state index in [9.17, 15) is 18.8 Å². The predicted octanol–water partition coefficient (Wildman–Crippen LogP) is 1.90. The van der Waals surface area contributed by atoms with Crippen molar-refractivity contribution in [2.24, 2.45) is 5.22 Å². The highest BCUT2D eigenvalue weighted by Gasteiger charge is 2.32. The standard InChI is InChI=1S/C21H25FN8O3/c1-13(31)28-7-5-16(6-8-28)24-21(33)29-9-10-30-17(12-29)18(20(32)25-27-23)19(26-30)14-3-2-4-15(22)11-14/h2-4,11,16H,5-10,12H2,1H3,(H,24,33)(H2,23,25,32). The Morgan fingerprint density at radius 1 is 1.15 bits per heavy atom. The number of amides is 4. The summed E-state index contributed by atoms with van der Waals surface area (Å²) in [6.45, 7) is 3.62. The molecule has 0 radical (unpaired) electrons. The first-order chi connectivity index (χ1) is 15.9. The van der Waals surface area contributed by atoms with E-state index >= 15 is 0 Å². The number of rotatable bonds is 4. The molecular weight excluding hydrogens is 431 g/mol. The lowest BCUT2D eigenvalue weighted by molar-refractivity contribution is -0.129. The molecule has 3 heterocycles. The van der Waals surface area contributed by atoms with Gasteiger partial charge in [-0.2, -0.15) is 10.6 Å². The highest BCUT2D eigenvalue weighted by Crippen LogP contribution is 2.29. The molecule has 2 aliphatic rings. The van der Waals surface area contributed by atoms with Gasteiger partial charge in [0.2, 0.25) is 5.91 Å². The Morgan fingerprint density at radius 2 is 1.91 bits per heavy atom. The first-order valence-electron chi connectivity index (χ1n) is 10.7. The minimum absolute atomic E-state index is 0.0309. The number of nitrogens with zero attached hydrogens (tertiary/aromatic N) is 5. The van der Waals surface area contributed by atoms with E-state index in [2.05, 4.69) is 21.1 Å². The summed E-state index contributed by atoms with van der Waals surface area (Å²) in [6, 6.07) is 5.45. The lowest BCUT2D eigenvalue weighted by Gasteiger charge is -2.34. The van der Waals surface area contributed by atoms with E-state index in [1.54, 1.807) is 20.5 Å². The first-order valence-corrected chi connectivity index (χ1v) is 10.7. The van der Waals surface area contributed by atoms with E-state index in [0.717, 1.165) is 0 Å². The number of benzene rings is 1. The fraction of sp³-hybridized carbons (Fsp3) is 0.429. The van der Waals surface area contributed by atoms with E-state index in [1.807, 2.05) is 0 Å². The smallest absolute Gasteiger partial charge is 0.318 e. The molecule has 0 atom stereocenters. The molecule has 2 aliphatic heterocycles. The van der Waals surface area contributed by atoms with Gasteiger partial charge < -0.3 is 15.1 Å². The molecule has 11 nitrogen and oxygen atoms in total. The molecule has 4 rings (SSSR count). The van der Waals surface area contributed by atoms with Crippen molar-refractivity contribution in [3.8, 4) is 11.3 Å². The minimum Gasteiger partial charge on any atom is -0.343 e. The van der Waals surface area contributed by atoms with Crippen molar-refractivity contribution >= 4 is 17.8 Å². The Balaban J connectivity index is 1.54. The van der Waals surface area contributed by atoms with Gasteiger partial charge in [0.1, 0.15) is 11.5 Å². The Morgan fingerprint density at radius 3 is 2.58 bits per heavy atom. The van der Waals surface area contributed by atoms with Crippen LogP contribution in [0.1, 0.15) is 35.8 Å². The van der Waals surface area contributed by atoms with Gasteiger partial charge in [0.15, 0.2) is 0 Å². The van der Waals surface area contributed by atoms with E-state index in [-0.39, 0.29) is 35.8 Å². The number of fused-ring (bicyclic) bond motifs is 1. The lowest BCUT2D eigenvalue weighted by Crippen LogP contribution is -2.51. The van der Waals surface area contributed by atoms with Gasteiger partial charge in [-0.25, -0.2) is 14.6 Å². The third-order valence-corrected chi connectivity index (χ3v) is 6.02. The molecule has 1 fully saturated rings. The van der Waals surface area contributed by atoms with Crippen LogP contribution in [0.5, 0.6) is 0 Å². The third-order valence-electron chi connectivity index (χ3n) is 6.02. The van der Waals surface area contributed by atoms with Crippen molar-refractivity contribution in [2.45, 2.75) is 38.9 Å². The van der Waals surface area contributed by atoms with Crippen molar-refractivity contribution in [1.82, 2.24) is 30.3 Å². The molecule has 1 saturated heterocycles. The van der Waals surface area contributed by atoms with Gasteiger partial charge in [-0.1, -0.05) is 17.4 Å².